The Kier molecular flexibility index (Phi) is 7.21. The fourth-order valence-electron chi connectivity index (χ4n) is 2.89. The number of hydrogen-bond acceptors (Lipinski definition) is 6. The van der Waals surface area contributed by atoms with Crippen molar-refractivity contribution in [1.82, 2.24) is 9.97 Å². The molecule has 0 bridgehead atoms. The molecule has 1 aromatic heterocycles. The monoisotopic (exact) mass is 405 g/mol. The second-order valence-electron chi connectivity index (χ2n) is 6.84. The van der Waals surface area contributed by atoms with Gasteiger partial charge in [0.25, 0.3) is 0 Å². The Morgan fingerprint density at radius 2 is 1.60 bits per heavy atom. The average molecular weight is 405 g/mol. The van der Waals surface area contributed by atoms with Crippen LogP contribution in [0.4, 0.5) is 5.69 Å². The van der Waals surface area contributed by atoms with Crippen molar-refractivity contribution in [2.24, 2.45) is 0 Å². The number of esters is 1. The van der Waals surface area contributed by atoms with Crippen LogP contribution in [0, 0.1) is 0 Å². The number of unbranched alkanes of at least 4 members (excludes halogenated alkanes) is 2. The molecule has 3 rings (SSSR count). The highest BCUT2D eigenvalue weighted by Gasteiger charge is 2.13. The lowest BCUT2D eigenvalue weighted by Gasteiger charge is -2.07. The van der Waals surface area contributed by atoms with Crippen LogP contribution in [0.3, 0.4) is 0 Å². The highest BCUT2D eigenvalue weighted by atomic mass is 16.5. The van der Waals surface area contributed by atoms with E-state index in [-0.39, 0.29) is 18.3 Å². The third-order valence-corrected chi connectivity index (χ3v) is 4.54. The van der Waals surface area contributed by atoms with E-state index in [9.17, 15) is 14.4 Å². The molecule has 2 aromatic carbocycles. The first-order chi connectivity index (χ1) is 14.6. The number of hydrogen-bond donors (Lipinski definition) is 1. The van der Waals surface area contributed by atoms with Crippen LogP contribution >= 0.6 is 0 Å². The number of benzene rings is 2. The van der Waals surface area contributed by atoms with Crippen LogP contribution < -0.4 is 5.32 Å². The Morgan fingerprint density at radius 1 is 0.900 bits per heavy atom. The van der Waals surface area contributed by atoms with E-state index in [1.165, 1.54) is 6.20 Å². The summed E-state index contributed by atoms with van der Waals surface area (Å²) in [6, 6.07) is 11.4. The largest absolute Gasteiger partial charge is 0.454 e. The number of anilines is 1. The molecule has 7 nitrogen and oxygen atoms in total. The SMILES string of the molecule is CCCCCC(=O)Nc1ccc(C(=O)COC(=O)c2ccc3nccnc3c2)cc1. The molecule has 30 heavy (non-hydrogen) atoms. The first-order valence-electron chi connectivity index (χ1n) is 9.88. The molecule has 1 N–H and O–H groups in total. The van der Waals surface area contributed by atoms with Gasteiger partial charge in [0, 0.05) is 30.1 Å². The number of ether oxygens (including phenoxy) is 1. The van der Waals surface area contributed by atoms with Gasteiger partial charge in [-0.15, -0.1) is 0 Å². The Hall–Kier alpha value is -3.61. The summed E-state index contributed by atoms with van der Waals surface area (Å²) in [7, 11) is 0. The molecular weight excluding hydrogens is 382 g/mol. The lowest BCUT2D eigenvalue weighted by Crippen LogP contribution is -2.15. The summed E-state index contributed by atoms with van der Waals surface area (Å²) in [6.07, 6.45) is 6.52. The third kappa shape index (κ3) is 5.70. The molecule has 0 atom stereocenters. The minimum Gasteiger partial charge on any atom is -0.454 e. The van der Waals surface area contributed by atoms with Crippen molar-refractivity contribution < 1.29 is 19.1 Å². The summed E-state index contributed by atoms with van der Waals surface area (Å²) in [6.45, 7) is 1.71. The normalized spacial score (nSPS) is 10.6. The maximum Gasteiger partial charge on any atom is 0.338 e. The molecule has 0 aliphatic rings. The van der Waals surface area contributed by atoms with Crippen molar-refractivity contribution in [2.45, 2.75) is 32.6 Å². The molecule has 0 spiro atoms. The highest BCUT2D eigenvalue weighted by molar-refractivity contribution is 6.00. The summed E-state index contributed by atoms with van der Waals surface area (Å²) in [5, 5.41) is 2.81. The van der Waals surface area contributed by atoms with Crippen LogP contribution in [0.15, 0.2) is 54.9 Å². The Balaban J connectivity index is 1.52. The van der Waals surface area contributed by atoms with E-state index in [0.717, 1.165) is 19.3 Å². The van der Waals surface area contributed by atoms with E-state index in [4.69, 9.17) is 4.74 Å². The van der Waals surface area contributed by atoms with Crippen molar-refractivity contribution in [2.75, 3.05) is 11.9 Å². The van der Waals surface area contributed by atoms with Gasteiger partial charge in [0.1, 0.15) is 0 Å². The molecule has 0 aliphatic carbocycles. The number of rotatable bonds is 9. The van der Waals surface area contributed by atoms with Gasteiger partial charge in [-0.1, -0.05) is 19.8 Å². The molecule has 0 saturated carbocycles. The Morgan fingerprint density at radius 3 is 2.33 bits per heavy atom. The third-order valence-electron chi connectivity index (χ3n) is 4.54. The predicted molar refractivity (Wildman–Crippen MR) is 113 cm³/mol. The molecule has 0 unspecified atom stereocenters. The Bertz CT molecular complexity index is 1050. The van der Waals surface area contributed by atoms with Crippen LogP contribution in [0.5, 0.6) is 0 Å². The molecule has 0 saturated heterocycles. The zero-order valence-corrected chi connectivity index (χ0v) is 16.8. The number of amides is 1. The summed E-state index contributed by atoms with van der Waals surface area (Å²) in [5.41, 5.74) is 2.57. The number of fused-ring (bicyclic) bond motifs is 1. The molecule has 154 valence electrons. The number of carbonyl (C=O) groups is 3. The van der Waals surface area contributed by atoms with Crippen LogP contribution in [0.25, 0.3) is 11.0 Å². The zero-order valence-electron chi connectivity index (χ0n) is 16.8. The number of Topliss-reactive ketones (excluding diaryl/α,β-unsaturated/α-hetero) is 1. The average Bonchev–Trinajstić information content (AvgIpc) is 2.77. The van der Waals surface area contributed by atoms with Gasteiger partial charge >= 0.3 is 5.97 Å². The van der Waals surface area contributed by atoms with Gasteiger partial charge in [-0.05, 0) is 48.9 Å². The summed E-state index contributed by atoms with van der Waals surface area (Å²) < 4.78 is 5.14. The lowest BCUT2D eigenvalue weighted by atomic mass is 10.1. The summed E-state index contributed by atoms with van der Waals surface area (Å²) >= 11 is 0. The lowest BCUT2D eigenvalue weighted by molar-refractivity contribution is -0.116. The van der Waals surface area contributed by atoms with E-state index < -0.39 is 5.97 Å². The van der Waals surface area contributed by atoms with E-state index >= 15 is 0 Å². The number of ketones is 1. The number of carbonyl (C=O) groups excluding carboxylic acids is 3. The smallest absolute Gasteiger partial charge is 0.338 e. The minimum atomic E-state index is -0.605. The van der Waals surface area contributed by atoms with Gasteiger partial charge in [0.05, 0.1) is 16.6 Å². The molecule has 1 amide bonds. The van der Waals surface area contributed by atoms with Crippen LogP contribution in [-0.2, 0) is 9.53 Å². The highest BCUT2D eigenvalue weighted by Crippen LogP contribution is 2.14. The number of aromatic nitrogens is 2. The van der Waals surface area contributed by atoms with E-state index in [0.29, 0.717) is 34.3 Å². The quantitative estimate of drug-likeness (QED) is 0.326. The van der Waals surface area contributed by atoms with E-state index in [1.54, 1.807) is 48.7 Å². The van der Waals surface area contributed by atoms with E-state index in [2.05, 4.69) is 22.2 Å². The van der Waals surface area contributed by atoms with Gasteiger partial charge in [-0.3, -0.25) is 19.6 Å². The second-order valence-corrected chi connectivity index (χ2v) is 6.84. The van der Waals surface area contributed by atoms with Gasteiger partial charge in [0.2, 0.25) is 5.91 Å². The van der Waals surface area contributed by atoms with Crippen molar-refractivity contribution in [1.29, 1.82) is 0 Å². The van der Waals surface area contributed by atoms with Gasteiger partial charge < -0.3 is 10.1 Å². The van der Waals surface area contributed by atoms with Gasteiger partial charge in [-0.25, -0.2) is 4.79 Å². The van der Waals surface area contributed by atoms with E-state index in [1.807, 2.05) is 0 Å². The molecular formula is C23H23N3O4. The maximum atomic E-state index is 12.3. The zero-order chi connectivity index (χ0) is 21.3. The van der Waals surface area contributed by atoms with Crippen LogP contribution in [0.1, 0.15) is 53.3 Å². The van der Waals surface area contributed by atoms with Crippen molar-refractivity contribution in [3.63, 3.8) is 0 Å². The molecule has 0 fully saturated rings. The first-order valence-corrected chi connectivity index (χ1v) is 9.88. The standard InChI is InChI=1S/C23H23N3O4/c1-2-3-4-5-22(28)26-18-9-6-16(7-10-18)21(27)15-30-23(29)17-8-11-19-20(14-17)25-13-12-24-19/h6-14H,2-5,15H2,1H3,(H,26,28). The number of nitrogens with zero attached hydrogens (tertiary/aromatic N) is 2. The van der Waals surface area contributed by atoms with Gasteiger partial charge in [0.15, 0.2) is 12.4 Å². The van der Waals surface area contributed by atoms with Crippen LogP contribution in [-0.4, -0.2) is 34.2 Å². The fourth-order valence-corrected chi connectivity index (χ4v) is 2.89. The molecule has 0 radical (unpaired) electrons. The molecule has 1 heterocycles. The second kappa shape index (κ2) is 10.2. The summed E-state index contributed by atoms with van der Waals surface area (Å²) in [4.78, 5) is 44.7. The molecule has 3 aromatic rings. The summed E-state index contributed by atoms with van der Waals surface area (Å²) in [5.74, 6) is -0.979. The molecule has 0 aliphatic heterocycles. The fraction of sp³-hybridized carbons (Fsp3) is 0.261. The predicted octanol–water partition coefficient (Wildman–Crippen LogP) is 4.19. The first kappa shape index (κ1) is 21.1. The maximum absolute atomic E-state index is 12.3. The Labute approximate surface area is 174 Å². The molecule has 7 heteroatoms. The van der Waals surface area contributed by atoms with Crippen molar-refractivity contribution in [3.8, 4) is 0 Å². The van der Waals surface area contributed by atoms with Crippen LogP contribution in [0.2, 0.25) is 0 Å². The van der Waals surface area contributed by atoms with Gasteiger partial charge in [-0.2, -0.15) is 0 Å². The topological polar surface area (TPSA) is 98.2 Å². The van der Waals surface area contributed by atoms with Crippen molar-refractivity contribution >= 4 is 34.4 Å². The van der Waals surface area contributed by atoms with Crippen molar-refractivity contribution in [3.05, 3.63) is 66.0 Å². The minimum absolute atomic E-state index is 0.0449. The number of nitrogens with one attached hydrogen (secondary N) is 1.